The lowest BCUT2D eigenvalue weighted by Gasteiger charge is -2.26. The average molecular weight is 541 g/mol. The number of nitrogens with zero attached hydrogens (tertiary/aromatic N) is 1. The SMILES string of the molecule is Cc1c(Cl)cccc1N(CC(=O)NCCSCc1c(F)cccc1Cl)S(=O)(=O)c1ccccc1. The number of halogens is 3. The monoisotopic (exact) mass is 540 g/mol. The van der Waals surface area contributed by atoms with Gasteiger partial charge in [-0.1, -0.05) is 53.5 Å². The molecule has 5 nitrogen and oxygen atoms in total. The summed E-state index contributed by atoms with van der Waals surface area (Å²) in [5.74, 6) is 0.0152. The van der Waals surface area contributed by atoms with Gasteiger partial charge >= 0.3 is 0 Å². The average Bonchev–Trinajstić information content (AvgIpc) is 2.81. The van der Waals surface area contributed by atoms with E-state index in [-0.39, 0.29) is 17.3 Å². The van der Waals surface area contributed by atoms with Crippen LogP contribution in [0.25, 0.3) is 0 Å². The van der Waals surface area contributed by atoms with Crippen LogP contribution in [0.5, 0.6) is 0 Å². The van der Waals surface area contributed by atoms with E-state index in [2.05, 4.69) is 5.32 Å². The quantitative estimate of drug-likeness (QED) is 0.335. The van der Waals surface area contributed by atoms with Crippen molar-refractivity contribution in [2.75, 3.05) is 23.1 Å². The molecule has 0 unspecified atom stereocenters. The van der Waals surface area contributed by atoms with Crippen molar-refractivity contribution < 1.29 is 17.6 Å². The molecule has 34 heavy (non-hydrogen) atoms. The maximum Gasteiger partial charge on any atom is 0.264 e. The van der Waals surface area contributed by atoms with Gasteiger partial charge in [-0.15, -0.1) is 0 Å². The summed E-state index contributed by atoms with van der Waals surface area (Å²) in [6, 6.07) is 17.3. The summed E-state index contributed by atoms with van der Waals surface area (Å²) in [6.45, 7) is 1.57. The molecule has 1 N–H and O–H groups in total. The van der Waals surface area contributed by atoms with Crippen molar-refractivity contribution in [2.24, 2.45) is 0 Å². The molecule has 0 saturated heterocycles. The zero-order chi connectivity index (χ0) is 24.7. The molecule has 3 aromatic rings. The third-order valence-corrected chi connectivity index (χ3v) is 8.53. The van der Waals surface area contributed by atoms with Crippen molar-refractivity contribution in [3.63, 3.8) is 0 Å². The summed E-state index contributed by atoms with van der Waals surface area (Å²) < 4.78 is 41.7. The Balaban J connectivity index is 1.68. The maximum atomic E-state index is 13.9. The van der Waals surface area contributed by atoms with Crippen molar-refractivity contribution >= 4 is 56.6 Å². The molecule has 1 amide bonds. The van der Waals surface area contributed by atoms with Crippen molar-refractivity contribution in [3.05, 3.63) is 93.7 Å². The van der Waals surface area contributed by atoms with E-state index in [1.165, 1.54) is 30.0 Å². The summed E-state index contributed by atoms with van der Waals surface area (Å²) in [5.41, 5.74) is 1.29. The number of benzene rings is 3. The minimum Gasteiger partial charge on any atom is -0.354 e. The Morgan fingerprint density at radius 2 is 1.68 bits per heavy atom. The molecule has 3 aromatic carbocycles. The highest BCUT2D eigenvalue weighted by molar-refractivity contribution is 7.98. The summed E-state index contributed by atoms with van der Waals surface area (Å²) in [7, 11) is -4.02. The summed E-state index contributed by atoms with van der Waals surface area (Å²) in [5, 5.41) is 3.48. The number of rotatable bonds is 10. The fraction of sp³-hybridized carbons (Fsp3) is 0.208. The normalized spacial score (nSPS) is 11.3. The fourth-order valence-corrected chi connectivity index (χ4v) is 6.05. The predicted octanol–water partition coefficient (Wildman–Crippen LogP) is 5.69. The third kappa shape index (κ3) is 6.44. The van der Waals surface area contributed by atoms with Gasteiger partial charge in [0, 0.05) is 33.7 Å². The van der Waals surface area contributed by atoms with Gasteiger partial charge in [-0.3, -0.25) is 9.10 Å². The van der Waals surface area contributed by atoms with Gasteiger partial charge in [-0.25, -0.2) is 12.8 Å². The number of hydrogen-bond acceptors (Lipinski definition) is 4. The van der Waals surface area contributed by atoms with E-state index in [0.29, 0.717) is 38.4 Å². The first-order chi connectivity index (χ1) is 16.2. The molecule has 0 bridgehead atoms. The topological polar surface area (TPSA) is 66.5 Å². The molecular weight excluding hydrogens is 518 g/mol. The van der Waals surface area contributed by atoms with Crippen LogP contribution in [0.2, 0.25) is 10.0 Å². The molecular formula is C24H23Cl2FN2O3S2. The van der Waals surface area contributed by atoms with Gasteiger partial charge in [0.25, 0.3) is 10.0 Å². The van der Waals surface area contributed by atoms with Crippen molar-refractivity contribution in [3.8, 4) is 0 Å². The molecule has 0 spiro atoms. The Labute approximate surface area is 213 Å². The van der Waals surface area contributed by atoms with Crippen LogP contribution in [-0.4, -0.2) is 33.2 Å². The van der Waals surface area contributed by atoms with E-state index in [0.717, 1.165) is 4.31 Å². The van der Waals surface area contributed by atoms with Crippen LogP contribution in [0.4, 0.5) is 10.1 Å². The first-order valence-corrected chi connectivity index (χ1v) is 13.7. The fourth-order valence-electron chi connectivity index (χ4n) is 3.18. The Hall–Kier alpha value is -2.26. The minimum absolute atomic E-state index is 0.0690. The van der Waals surface area contributed by atoms with Crippen LogP contribution in [0.15, 0.2) is 71.6 Å². The Morgan fingerprint density at radius 3 is 2.38 bits per heavy atom. The van der Waals surface area contributed by atoms with Crippen LogP contribution in [0, 0.1) is 12.7 Å². The molecule has 3 rings (SSSR count). The third-order valence-electron chi connectivity index (χ3n) is 5.00. The number of hydrogen-bond donors (Lipinski definition) is 1. The number of amides is 1. The van der Waals surface area contributed by atoms with Gasteiger partial charge in [0.15, 0.2) is 0 Å². The highest BCUT2D eigenvalue weighted by Gasteiger charge is 2.28. The highest BCUT2D eigenvalue weighted by atomic mass is 35.5. The Morgan fingerprint density at radius 1 is 1.00 bits per heavy atom. The first kappa shape index (κ1) is 26.3. The summed E-state index contributed by atoms with van der Waals surface area (Å²) in [4.78, 5) is 12.8. The molecule has 0 aliphatic heterocycles. The van der Waals surface area contributed by atoms with Gasteiger partial charge in [0.2, 0.25) is 5.91 Å². The molecule has 0 aliphatic carbocycles. The summed E-state index contributed by atoms with van der Waals surface area (Å²) in [6.07, 6.45) is 0. The van der Waals surface area contributed by atoms with E-state index in [1.54, 1.807) is 55.5 Å². The number of anilines is 1. The lowest BCUT2D eigenvalue weighted by Crippen LogP contribution is -2.41. The lowest BCUT2D eigenvalue weighted by atomic mass is 10.2. The van der Waals surface area contributed by atoms with E-state index in [9.17, 15) is 17.6 Å². The number of carbonyl (C=O) groups is 1. The molecule has 180 valence electrons. The highest BCUT2D eigenvalue weighted by Crippen LogP contribution is 2.30. The molecule has 0 heterocycles. The molecule has 0 aromatic heterocycles. The smallest absolute Gasteiger partial charge is 0.264 e. The molecule has 0 radical (unpaired) electrons. The lowest BCUT2D eigenvalue weighted by molar-refractivity contribution is -0.119. The second-order valence-electron chi connectivity index (χ2n) is 7.31. The Kier molecular flexibility index (Phi) is 9.24. The van der Waals surface area contributed by atoms with Gasteiger partial charge < -0.3 is 5.32 Å². The van der Waals surface area contributed by atoms with Crippen molar-refractivity contribution in [2.45, 2.75) is 17.6 Å². The minimum atomic E-state index is -4.02. The van der Waals surface area contributed by atoms with E-state index in [1.807, 2.05) is 0 Å². The molecule has 10 heteroatoms. The van der Waals surface area contributed by atoms with Crippen LogP contribution in [0.3, 0.4) is 0 Å². The zero-order valence-corrected chi connectivity index (χ0v) is 21.4. The number of thioether (sulfide) groups is 1. The van der Waals surface area contributed by atoms with E-state index in [4.69, 9.17) is 23.2 Å². The predicted molar refractivity (Wildman–Crippen MR) is 138 cm³/mol. The van der Waals surface area contributed by atoms with Gasteiger partial charge in [0.05, 0.1) is 10.6 Å². The van der Waals surface area contributed by atoms with Gasteiger partial charge in [0.1, 0.15) is 12.4 Å². The molecule has 0 atom stereocenters. The van der Waals surface area contributed by atoms with E-state index < -0.39 is 22.5 Å². The van der Waals surface area contributed by atoms with Crippen LogP contribution >= 0.6 is 35.0 Å². The second-order valence-corrected chi connectivity index (χ2v) is 11.1. The van der Waals surface area contributed by atoms with Crippen LogP contribution in [0.1, 0.15) is 11.1 Å². The van der Waals surface area contributed by atoms with Crippen LogP contribution in [-0.2, 0) is 20.6 Å². The molecule has 0 fully saturated rings. The molecule has 0 aliphatic rings. The number of carbonyl (C=O) groups excluding carboxylic acids is 1. The second kappa shape index (κ2) is 11.9. The van der Waals surface area contributed by atoms with Crippen molar-refractivity contribution in [1.82, 2.24) is 5.32 Å². The van der Waals surface area contributed by atoms with Crippen molar-refractivity contribution in [1.29, 1.82) is 0 Å². The molecule has 0 saturated carbocycles. The Bertz CT molecular complexity index is 1240. The summed E-state index contributed by atoms with van der Waals surface area (Å²) >= 11 is 13.7. The van der Waals surface area contributed by atoms with Gasteiger partial charge in [-0.2, -0.15) is 11.8 Å². The maximum absolute atomic E-state index is 13.9. The number of nitrogens with one attached hydrogen (secondary N) is 1. The van der Waals surface area contributed by atoms with Crippen LogP contribution < -0.4 is 9.62 Å². The largest absolute Gasteiger partial charge is 0.354 e. The zero-order valence-electron chi connectivity index (χ0n) is 18.3. The standard InChI is InChI=1S/C24H23Cl2FN2O3S2/c1-17-20(25)9-6-12-23(17)29(34(31,32)18-7-3-2-4-8-18)15-24(30)28-13-14-33-16-19-21(26)10-5-11-22(19)27/h2-12H,13-16H2,1H3,(H,28,30). The number of sulfonamides is 1. The van der Waals surface area contributed by atoms with E-state index >= 15 is 0 Å². The van der Waals surface area contributed by atoms with Gasteiger partial charge in [-0.05, 0) is 48.9 Å². The first-order valence-electron chi connectivity index (χ1n) is 10.3.